The number of hydrogen-bond donors (Lipinski definition) is 0. The van der Waals surface area contributed by atoms with Crippen molar-refractivity contribution in [3.8, 4) is 17.9 Å². The summed E-state index contributed by atoms with van der Waals surface area (Å²) >= 11 is 0. The highest BCUT2D eigenvalue weighted by Crippen LogP contribution is 2.34. The fraction of sp³-hybridized carbons (Fsp3) is 0.280. The Morgan fingerprint density at radius 2 is 1.89 bits per heavy atom. The van der Waals surface area contributed by atoms with Crippen LogP contribution in [0.1, 0.15) is 47.3 Å². The van der Waals surface area contributed by atoms with Gasteiger partial charge in [0.2, 0.25) is 0 Å². The van der Waals surface area contributed by atoms with Crippen molar-refractivity contribution in [2.24, 2.45) is 5.41 Å². The fourth-order valence-corrected chi connectivity index (χ4v) is 3.53. The molecule has 1 fully saturated rings. The van der Waals surface area contributed by atoms with Crippen LogP contribution in [0.5, 0.6) is 0 Å². The third-order valence-corrected chi connectivity index (χ3v) is 5.11. The van der Waals surface area contributed by atoms with Crippen molar-refractivity contribution in [2.75, 3.05) is 13.1 Å². The SMILES string of the molecule is Cc1cccc(C(=O)N2CC/C(=C\C#Cc3cccc(C#N)c3)C(C)(C)C2)c1. The molecular weight excluding hydrogens is 344 g/mol. The summed E-state index contributed by atoms with van der Waals surface area (Å²) in [6, 6.07) is 17.2. The third-order valence-electron chi connectivity index (χ3n) is 5.11. The minimum Gasteiger partial charge on any atom is -0.337 e. The van der Waals surface area contributed by atoms with Gasteiger partial charge in [0.15, 0.2) is 0 Å². The van der Waals surface area contributed by atoms with Crippen molar-refractivity contribution < 1.29 is 4.79 Å². The first-order chi connectivity index (χ1) is 13.4. The van der Waals surface area contributed by atoms with E-state index in [4.69, 9.17) is 5.26 Å². The smallest absolute Gasteiger partial charge is 0.253 e. The van der Waals surface area contributed by atoms with Gasteiger partial charge in [0, 0.05) is 29.6 Å². The molecule has 1 aliphatic rings. The van der Waals surface area contributed by atoms with Gasteiger partial charge < -0.3 is 4.90 Å². The van der Waals surface area contributed by atoms with Gasteiger partial charge in [-0.2, -0.15) is 5.26 Å². The molecule has 0 spiro atoms. The molecule has 1 saturated heterocycles. The number of hydrogen-bond acceptors (Lipinski definition) is 2. The Labute approximate surface area is 167 Å². The van der Waals surface area contributed by atoms with E-state index in [-0.39, 0.29) is 11.3 Å². The molecule has 2 aromatic rings. The Morgan fingerprint density at radius 3 is 2.61 bits per heavy atom. The summed E-state index contributed by atoms with van der Waals surface area (Å²) in [6.07, 6.45) is 2.80. The van der Waals surface area contributed by atoms with Gasteiger partial charge in [0.05, 0.1) is 11.6 Å². The van der Waals surface area contributed by atoms with E-state index in [0.717, 1.165) is 23.1 Å². The first-order valence-corrected chi connectivity index (χ1v) is 9.46. The maximum Gasteiger partial charge on any atom is 0.253 e. The molecular formula is C25H24N2O. The summed E-state index contributed by atoms with van der Waals surface area (Å²) < 4.78 is 0. The number of nitrogens with zero attached hydrogens (tertiary/aromatic N) is 2. The van der Waals surface area contributed by atoms with Crippen molar-refractivity contribution in [2.45, 2.75) is 27.2 Å². The number of likely N-dealkylation sites (tertiary alicyclic amines) is 1. The first kappa shape index (κ1) is 19.5. The molecule has 1 heterocycles. The first-order valence-electron chi connectivity index (χ1n) is 9.46. The molecule has 0 unspecified atom stereocenters. The Balaban J connectivity index is 1.73. The number of carbonyl (C=O) groups is 1. The average molecular weight is 368 g/mol. The van der Waals surface area contributed by atoms with Crippen molar-refractivity contribution >= 4 is 5.91 Å². The van der Waals surface area contributed by atoms with Crippen molar-refractivity contribution in [3.63, 3.8) is 0 Å². The van der Waals surface area contributed by atoms with Crippen LogP contribution in [-0.2, 0) is 0 Å². The van der Waals surface area contributed by atoms with E-state index < -0.39 is 0 Å². The quantitative estimate of drug-likeness (QED) is 0.684. The molecule has 0 aliphatic carbocycles. The molecule has 2 aromatic carbocycles. The van der Waals surface area contributed by atoms with Gasteiger partial charge in [0.1, 0.15) is 0 Å². The summed E-state index contributed by atoms with van der Waals surface area (Å²) in [7, 11) is 0. The van der Waals surface area contributed by atoms with E-state index in [9.17, 15) is 4.79 Å². The highest BCUT2D eigenvalue weighted by Gasteiger charge is 2.33. The average Bonchev–Trinajstić information content (AvgIpc) is 2.68. The number of amides is 1. The van der Waals surface area contributed by atoms with E-state index in [1.54, 1.807) is 12.1 Å². The zero-order valence-corrected chi connectivity index (χ0v) is 16.6. The van der Waals surface area contributed by atoms with E-state index in [1.165, 1.54) is 5.57 Å². The second-order valence-corrected chi connectivity index (χ2v) is 7.86. The van der Waals surface area contributed by atoms with Gasteiger partial charge in [-0.15, -0.1) is 0 Å². The Morgan fingerprint density at radius 1 is 1.14 bits per heavy atom. The molecule has 0 aromatic heterocycles. The molecule has 28 heavy (non-hydrogen) atoms. The predicted octanol–water partition coefficient (Wildman–Crippen LogP) is 4.72. The summed E-state index contributed by atoms with van der Waals surface area (Å²) in [5.74, 6) is 6.34. The zero-order chi connectivity index (χ0) is 20.1. The van der Waals surface area contributed by atoms with Crippen LogP contribution >= 0.6 is 0 Å². The van der Waals surface area contributed by atoms with E-state index in [0.29, 0.717) is 18.7 Å². The number of benzene rings is 2. The number of rotatable bonds is 1. The van der Waals surface area contributed by atoms with Gasteiger partial charge in [-0.05, 0) is 49.8 Å². The molecule has 0 atom stereocenters. The van der Waals surface area contributed by atoms with Crippen molar-refractivity contribution in [1.29, 1.82) is 5.26 Å². The lowest BCUT2D eigenvalue weighted by atomic mass is 9.78. The Kier molecular flexibility index (Phi) is 5.67. The lowest BCUT2D eigenvalue weighted by Gasteiger charge is -2.40. The minimum absolute atomic E-state index is 0.0928. The molecule has 140 valence electrons. The Hall–Kier alpha value is -3.30. The number of carbonyl (C=O) groups excluding carboxylic acids is 1. The van der Waals surface area contributed by atoms with Crippen LogP contribution in [0.3, 0.4) is 0 Å². The number of aryl methyl sites for hydroxylation is 1. The van der Waals surface area contributed by atoms with Crippen LogP contribution < -0.4 is 0 Å². The molecule has 3 nitrogen and oxygen atoms in total. The maximum atomic E-state index is 12.9. The standard InChI is InChI=1S/C25H24N2O/c1-19-7-4-11-22(15-19)24(28)27-14-13-23(25(2,3)18-27)12-6-9-20-8-5-10-21(16-20)17-26/h4-5,7-8,10-12,15-16H,13-14,18H2,1-3H3/b23-12+. The number of allylic oxidation sites excluding steroid dienone is 1. The van der Waals surface area contributed by atoms with Crippen LogP contribution in [0.2, 0.25) is 0 Å². The van der Waals surface area contributed by atoms with E-state index in [2.05, 4.69) is 31.8 Å². The number of nitriles is 1. The summed E-state index contributed by atoms with van der Waals surface area (Å²) in [4.78, 5) is 14.8. The molecule has 3 heteroatoms. The van der Waals surface area contributed by atoms with Crippen LogP contribution in [0.25, 0.3) is 0 Å². The highest BCUT2D eigenvalue weighted by atomic mass is 16.2. The topological polar surface area (TPSA) is 44.1 Å². The van der Waals surface area contributed by atoms with Crippen LogP contribution in [0.4, 0.5) is 0 Å². The lowest BCUT2D eigenvalue weighted by Crippen LogP contribution is -2.44. The van der Waals surface area contributed by atoms with Crippen molar-refractivity contribution in [1.82, 2.24) is 4.90 Å². The minimum atomic E-state index is -0.124. The van der Waals surface area contributed by atoms with E-state index >= 15 is 0 Å². The second kappa shape index (κ2) is 8.15. The molecule has 0 N–H and O–H groups in total. The van der Waals surface area contributed by atoms with Crippen LogP contribution in [0.15, 0.2) is 60.2 Å². The Bertz CT molecular complexity index is 1030. The second-order valence-electron chi connectivity index (χ2n) is 7.86. The molecule has 0 bridgehead atoms. The molecule has 0 radical (unpaired) electrons. The van der Waals surface area contributed by atoms with Gasteiger partial charge in [-0.25, -0.2) is 0 Å². The summed E-state index contributed by atoms with van der Waals surface area (Å²) in [6.45, 7) is 7.70. The zero-order valence-electron chi connectivity index (χ0n) is 16.6. The molecule has 1 amide bonds. The summed E-state index contributed by atoms with van der Waals surface area (Å²) in [5.41, 5.74) is 4.42. The predicted molar refractivity (Wildman–Crippen MR) is 112 cm³/mol. The van der Waals surface area contributed by atoms with Gasteiger partial charge in [-0.1, -0.05) is 55.0 Å². The normalized spacial score (nSPS) is 16.8. The highest BCUT2D eigenvalue weighted by molar-refractivity contribution is 5.94. The third kappa shape index (κ3) is 4.51. The molecule has 0 saturated carbocycles. The van der Waals surface area contributed by atoms with Gasteiger partial charge in [0.25, 0.3) is 5.91 Å². The summed E-state index contributed by atoms with van der Waals surface area (Å²) in [5, 5.41) is 8.98. The monoisotopic (exact) mass is 368 g/mol. The van der Waals surface area contributed by atoms with E-state index in [1.807, 2.05) is 54.3 Å². The van der Waals surface area contributed by atoms with Gasteiger partial charge in [-0.3, -0.25) is 4.79 Å². The van der Waals surface area contributed by atoms with Crippen LogP contribution in [-0.4, -0.2) is 23.9 Å². The lowest BCUT2D eigenvalue weighted by molar-refractivity contribution is 0.0663. The van der Waals surface area contributed by atoms with Crippen molar-refractivity contribution in [3.05, 3.63) is 82.4 Å². The van der Waals surface area contributed by atoms with Gasteiger partial charge >= 0.3 is 0 Å². The molecule has 1 aliphatic heterocycles. The maximum absolute atomic E-state index is 12.9. The number of piperidine rings is 1. The fourth-order valence-electron chi connectivity index (χ4n) is 3.53. The van der Waals surface area contributed by atoms with Crippen LogP contribution in [0, 0.1) is 35.5 Å². The molecule has 3 rings (SSSR count). The largest absolute Gasteiger partial charge is 0.337 e.